The van der Waals surface area contributed by atoms with E-state index in [0.29, 0.717) is 11.5 Å². The molecule has 2 aliphatic carbocycles. The largest absolute Gasteiger partial charge is 0.393 e. The van der Waals surface area contributed by atoms with Crippen LogP contribution in [0.15, 0.2) is 0 Å². The predicted molar refractivity (Wildman–Crippen MR) is 49.0 cm³/mol. The molecule has 0 bridgehead atoms. The van der Waals surface area contributed by atoms with Crippen LogP contribution in [0.1, 0.15) is 32.6 Å². The average Bonchev–Trinajstić information content (AvgIpc) is 2.61. The van der Waals surface area contributed by atoms with Crippen molar-refractivity contribution in [1.29, 1.82) is 0 Å². The lowest BCUT2D eigenvalue weighted by Gasteiger charge is -2.39. The third-order valence-corrected chi connectivity index (χ3v) is 3.45. The Morgan fingerprint density at radius 1 is 1.42 bits per heavy atom. The van der Waals surface area contributed by atoms with Crippen molar-refractivity contribution in [1.82, 2.24) is 4.90 Å². The smallest absolute Gasteiger partial charge is 0.0570 e. The first kappa shape index (κ1) is 8.52. The quantitative estimate of drug-likeness (QED) is 0.687. The molecule has 2 rings (SSSR count). The summed E-state index contributed by atoms with van der Waals surface area (Å²) in [4.78, 5) is 2.43. The maximum absolute atomic E-state index is 9.15. The first-order chi connectivity index (χ1) is 5.59. The van der Waals surface area contributed by atoms with Gasteiger partial charge in [-0.25, -0.2) is 0 Å². The molecule has 2 heteroatoms. The molecule has 0 atom stereocenters. The van der Waals surface area contributed by atoms with Crippen molar-refractivity contribution in [2.45, 2.75) is 44.8 Å². The summed E-state index contributed by atoms with van der Waals surface area (Å²) < 4.78 is 0. The second kappa shape index (κ2) is 2.71. The number of aliphatic hydroxyl groups excluding tert-OH is 1. The van der Waals surface area contributed by atoms with E-state index in [2.05, 4.69) is 18.9 Å². The van der Waals surface area contributed by atoms with Crippen LogP contribution in [0, 0.1) is 5.41 Å². The van der Waals surface area contributed by atoms with Crippen LogP contribution in [0.2, 0.25) is 0 Å². The maximum Gasteiger partial charge on any atom is 0.0570 e. The number of rotatable bonds is 3. The Balaban J connectivity index is 1.74. The molecule has 0 unspecified atom stereocenters. The Morgan fingerprint density at radius 3 is 2.42 bits per heavy atom. The minimum Gasteiger partial charge on any atom is -0.393 e. The van der Waals surface area contributed by atoms with Gasteiger partial charge in [0.25, 0.3) is 0 Å². The van der Waals surface area contributed by atoms with Gasteiger partial charge in [0.15, 0.2) is 0 Å². The van der Waals surface area contributed by atoms with Gasteiger partial charge in [0.2, 0.25) is 0 Å². The minimum atomic E-state index is -0.00976. The topological polar surface area (TPSA) is 23.5 Å². The highest BCUT2D eigenvalue weighted by Crippen LogP contribution is 2.46. The van der Waals surface area contributed by atoms with Crippen molar-refractivity contribution in [2.24, 2.45) is 5.41 Å². The summed E-state index contributed by atoms with van der Waals surface area (Å²) in [5, 5.41) is 9.15. The predicted octanol–water partition coefficient (Wildman–Crippen LogP) is 1.24. The first-order valence-electron chi connectivity index (χ1n) is 4.97. The van der Waals surface area contributed by atoms with Gasteiger partial charge in [-0.05, 0) is 38.1 Å². The number of hydrogen-bond acceptors (Lipinski definition) is 2. The van der Waals surface area contributed by atoms with E-state index in [1.807, 2.05) is 0 Å². The second-order valence-corrected chi connectivity index (χ2v) is 5.00. The summed E-state index contributed by atoms with van der Waals surface area (Å²) in [5.74, 6) is 0. The third-order valence-electron chi connectivity index (χ3n) is 3.45. The molecule has 2 nitrogen and oxygen atoms in total. The Kier molecular flexibility index (Phi) is 1.92. The van der Waals surface area contributed by atoms with Gasteiger partial charge < -0.3 is 10.0 Å². The van der Waals surface area contributed by atoms with E-state index in [1.165, 1.54) is 19.4 Å². The van der Waals surface area contributed by atoms with Gasteiger partial charge in [0.1, 0.15) is 0 Å². The van der Waals surface area contributed by atoms with Crippen LogP contribution in [-0.2, 0) is 0 Å². The molecule has 2 saturated carbocycles. The standard InChI is InChI=1S/C10H19NO/c1-10(3-4-10)7-11(2)8-5-9(12)6-8/h8-9,12H,3-7H2,1-2H3. The number of hydrogen-bond donors (Lipinski definition) is 1. The van der Waals surface area contributed by atoms with Gasteiger partial charge in [-0.2, -0.15) is 0 Å². The zero-order valence-corrected chi connectivity index (χ0v) is 8.08. The van der Waals surface area contributed by atoms with Crippen LogP contribution in [0.25, 0.3) is 0 Å². The van der Waals surface area contributed by atoms with E-state index < -0.39 is 0 Å². The Bertz CT molecular complexity index is 171. The fourth-order valence-electron chi connectivity index (χ4n) is 2.02. The molecule has 0 radical (unpaired) electrons. The van der Waals surface area contributed by atoms with Gasteiger partial charge in [-0.15, -0.1) is 0 Å². The van der Waals surface area contributed by atoms with Crippen LogP contribution < -0.4 is 0 Å². The molecule has 70 valence electrons. The average molecular weight is 169 g/mol. The highest BCUT2D eigenvalue weighted by Gasteiger charge is 2.41. The molecule has 0 spiro atoms. The van der Waals surface area contributed by atoms with E-state index >= 15 is 0 Å². The zero-order chi connectivity index (χ0) is 8.77. The molecule has 0 aromatic heterocycles. The summed E-state index contributed by atoms with van der Waals surface area (Å²) in [6, 6.07) is 0.664. The monoisotopic (exact) mass is 169 g/mol. The van der Waals surface area contributed by atoms with E-state index in [4.69, 9.17) is 5.11 Å². The van der Waals surface area contributed by atoms with Crippen LogP contribution in [0.4, 0.5) is 0 Å². The Labute approximate surface area is 74.6 Å². The molecule has 0 aliphatic heterocycles. The van der Waals surface area contributed by atoms with Crippen molar-refractivity contribution < 1.29 is 5.11 Å². The van der Waals surface area contributed by atoms with Gasteiger partial charge in [-0.3, -0.25) is 0 Å². The first-order valence-corrected chi connectivity index (χ1v) is 4.97. The summed E-state index contributed by atoms with van der Waals surface area (Å²) >= 11 is 0. The number of nitrogens with zero attached hydrogens (tertiary/aromatic N) is 1. The molecule has 0 saturated heterocycles. The Hall–Kier alpha value is -0.0800. The summed E-state index contributed by atoms with van der Waals surface area (Å²) in [5.41, 5.74) is 0.620. The summed E-state index contributed by atoms with van der Waals surface area (Å²) in [7, 11) is 2.19. The van der Waals surface area contributed by atoms with E-state index in [-0.39, 0.29) is 6.10 Å². The normalized spacial score (nSPS) is 38.0. The van der Waals surface area contributed by atoms with Crippen molar-refractivity contribution in [3.63, 3.8) is 0 Å². The lowest BCUT2D eigenvalue weighted by molar-refractivity contribution is 0.00616. The van der Waals surface area contributed by atoms with Crippen molar-refractivity contribution in [2.75, 3.05) is 13.6 Å². The molecule has 2 aliphatic rings. The van der Waals surface area contributed by atoms with Crippen LogP contribution in [-0.4, -0.2) is 35.7 Å². The fraction of sp³-hybridized carbons (Fsp3) is 1.00. The third kappa shape index (κ3) is 1.64. The molecule has 0 heterocycles. The second-order valence-electron chi connectivity index (χ2n) is 5.00. The van der Waals surface area contributed by atoms with Gasteiger partial charge >= 0.3 is 0 Å². The fourth-order valence-corrected chi connectivity index (χ4v) is 2.02. The molecule has 1 N–H and O–H groups in total. The zero-order valence-electron chi connectivity index (χ0n) is 8.08. The van der Waals surface area contributed by atoms with Crippen LogP contribution in [0.5, 0.6) is 0 Å². The highest BCUT2D eigenvalue weighted by atomic mass is 16.3. The van der Waals surface area contributed by atoms with Crippen molar-refractivity contribution in [3.05, 3.63) is 0 Å². The van der Waals surface area contributed by atoms with E-state index in [1.54, 1.807) is 0 Å². The molecule has 0 aromatic rings. The molecular weight excluding hydrogens is 150 g/mol. The SMILES string of the molecule is CN(CC1(C)CC1)C1CC(O)C1. The van der Waals surface area contributed by atoms with Gasteiger partial charge in [-0.1, -0.05) is 6.92 Å². The molecule has 0 aromatic carbocycles. The van der Waals surface area contributed by atoms with Gasteiger partial charge in [0.05, 0.1) is 6.10 Å². The molecule has 2 fully saturated rings. The molecule has 12 heavy (non-hydrogen) atoms. The van der Waals surface area contributed by atoms with Gasteiger partial charge in [0, 0.05) is 12.6 Å². The lowest BCUT2D eigenvalue weighted by Crippen LogP contribution is -2.46. The maximum atomic E-state index is 9.15. The van der Waals surface area contributed by atoms with Crippen LogP contribution >= 0.6 is 0 Å². The van der Waals surface area contributed by atoms with E-state index in [0.717, 1.165) is 12.8 Å². The van der Waals surface area contributed by atoms with Crippen LogP contribution in [0.3, 0.4) is 0 Å². The van der Waals surface area contributed by atoms with E-state index in [9.17, 15) is 0 Å². The Morgan fingerprint density at radius 2 is 2.00 bits per heavy atom. The molecular formula is C10H19NO. The minimum absolute atomic E-state index is 0.00976. The summed E-state index contributed by atoms with van der Waals surface area (Å²) in [6.07, 6.45) is 4.77. The lowest BCUT2D eigenvalue weighted by atomic mass is 9.88. The summed E-state index contributed by atoms with van der Waals surface area (Å²) in [6.45, 7) is 3.59. The van der Waals surface area contributed by atoms with Crippen molar-refractivity contribution >= 4 is 0 Å². The van der Waals surface area contributed by atoms with Crippen molar-refractivity contribution in [3.8, 4) is 0 Å². The highest BCUT2D eigenvalue weighted by molar-refractivity contribution is 4.94. The number of aliphatic hydroxyl groups is 1. The molecule has 0 amide bonds.